The van der Waals surface area contributed by atoms with Gasteiger partial charge >= 0.3 is 5.97 Å². The third kappa shape index (κ3) is 3.25. The number of nitrogens with two attached hydrogens (primary N) is 1. The van der Waals surface area contributed by atoms with Crippen LogP contribution in [-0.2, 0) is 19.6 Å². The molecule has 0 aliphatic carbocycles. The van der Waals surface area contributed by atoms with E-state index in [1.54, 1.807) is 12.1 Å². The number of hydrogen-bond acceptors (Lipinski definition) is 5. The maximum Gasteiger partial charge on any atom is 0.339 e. The summed E-state index contributed by atoms with van der Waals surface area (Å²) >= 11 is 3.22. The average Bonchev–Trinajstić information content (AvgIpc) is 2.80. The van der Waals surface area contributed by atoms with Crippen LogP contribution in [0.15, 0.2) is 22.7 Å². The lowest BCUT2D eigenvalue weighted by atomic mass is 10.2. The van der Waals surface area contributed by atoms with Gasteiger partial charge in [0.25, 0.3) is 0 Å². The molecule has 114 valence electrons. The lowest BCUT2D eigenvalue weighted by molar-refractivity contribution is -0.117. The molecule has 1 aliphatic heterocycles. The molecule has 9 heteroatoms. The molecule has 0 saturated carbocycles. The number of halogens is 1. The Balaban J connectivity index is 2.35. The van der Waals surface area contributed by atoms with Gasteiger partial charge in [0.05, 0.1) is 12.7 Å². The van der Waals surface area contributed by atoms with Crippen LogP contribution in [0.1, 0.15) is 16.8 Å². The molecule has 0 radical (unpaired) electrons. The number of rotatable bonds is 3. The predicted octanol–water partition coefficient (Wildman–Crippen LogP) is 0.630. The first-order valence-electron chi connectivity index (χ1n) is 5.94. The van der Waals surface area contributed by atoms with Crippen molar-refractivity contribution in [1.82, 2.24) is 0 Å². The summed E-state index contributed by atoms with van der Waals surface area (Å²) in [5, 5.41) is 4.14. The number of benzene rings is 1. The molecule has 1 aliphatic rings. The molecular weight excluding hydrogens is 364 g/mol. The van der Waals surface area contributed by atoms with Gasteiger partial charge in [-0.05, 0) is 34.1 Å². The van der Waals surface area contributed by atoms with Crippen molar-refractivity contribution in [3.8, 4) is 0 Å². The minimum atomic E-state index is -3.78. The topological polar surface area (TPSA) is 107 Å². The minimum Gasteiger partial charge on any atom is -0.465 e. The van der Waals surface area contributed by atoms with E-state index in [1.165, 1.54) is 18.1 Å². The molecule has 21 heavy (non-hydrogen) atoms. The van der Waals surface area contributed by atoms with Gasteiger partial charge in [-0.1, -0.05) is 0 Å². The molecule has 0 spiro atoms. The number of ether oxygens (including phenoxy) is 1. The average molecular weight is 377 g/mol. The van der Waals surface area contributed by atoms with Crippen LogP contribution in [0.25, 0.3) is 0 Å². The highest BCUT2D eigenvalue weighted by atomic mass is 79.9. The van der Waals surface area contributed by atoms with E-state index >= 15 is 0 Å². The summed E-state index contributed by atoms with van der Waals surface area (Å²) in [5.41, 5.74) is 0.677. The van der Waals surface area contributed by atoms with Gasteiger partial charge in [-0.15, -0.1) is 0 Å². The minimum absolute atomic E-state index is 0.0279. The van der Waals surface area contributed by atoms with Gasteiger partial charge in [0.15, 0.2) is 0 Å². The summed E-state index contributed by atoms with van der Waals surface area (Å²) in [6, 6.07) is 4.68. The molecule has 1 amide bonds. The van der Waals surface area contributed by atoms with Crippen molar-refractivity contribution in [2.75, 3.05) is 18.6 Å². The number of methoxy groups -OCH3 is 1. The standard InChI is InChI=1S/C12H13BrN2O5S/c1-20-12(17)9-4-7(2-3-10(9)13)15-6-8(5-11(15)16)21(14,18)19/h2-4,8H,5-6H2,1H3,(H2,14,18,19). The summed E-state index contributed by atoms with van der Waals surface area (Å²) in [7, 11) is -2.53. The number of sulfonamides is 1. The molecular formula is C12H13BrN2O5S. The van der Waals surface area contributed by atoms with Gasteiger partial charge in [0.2, 0.25) is 15.9 Å². The fraction of sp³-hybridized carbons (Fsp3) is 0.333. The van der Waals surface area contributed by atoms with Crippen LogP contribution in [0.4, 0.5) is 5.69 Å². The highest BCUT2D eigenvalue weighted by Crippen LogP contribution is 2.28. The van der Waals surface area contributed by atoms with Gasteiger partial charge in [0.1, 0.15) is 5.25 Å². The van der Waals surface area contributed by atoms with E-state index in [0.717, 1.165) is 0 Å². The first-order chi connectivity index (χ1) is 9.74. The normalized spacial score (nSPS) is 18.9. The zero-order chi connectivity index (χ0) is 15.8. The quantitative estimate of drug-likeness (QED) is 0.778. The number of primary sulfonamides is 1. The van der Waals surface area contributed by atoms with Gasteiger partial charge in [-0.3, -0.25) is 4.79 Å². The molecule has 1 unspecified atom stereocenters. The van der Waals surface area contributed by atoms with E-state index in [0.29, 0.717) is 10.2 Å². The van der Waals surface area contributed by atoms with Crippen molar-refractivity contribution in [2.45, 2.75) is 11.7 Å². The molecule has 7 nitrogen and oxygen atoms in total. The fourth-order valence-electron chi connectivity index (χ4n) is 2.09. The Morgan fingerprint density at radius 1 is 1.48 bits per heavy atom. The summed E-state index contributed by atoms with van der Waals surface area (Å²) in [5.74, 6) is -0.912. The molecule has 1 atom stereocenters. The largest absolute Gasteiger partial charge is 0.465 e. The molecule has 1 aromatic carbocycles. The SMILES string of the molecule is COC(=O)c1cc(N2CC(S(N)(=O)=O)CC2=O)ccc1Br. The van der Waals surface area contributed by atoms with E-state index in [9.17, 15) is 18.0 Å². The molecule has 0 aromatic heterocycles. The molecule has 0 bridgehead atoms. The van der Waals surface area contributed by atoms with Crippen molar-refractivity contribution >= 4 is 43.5 Å². The third-order valence-corrected chi connectivity index (χ3v) is 5.16. The van der Waals surface area contributed by atoms with Crippen LogP contribution in [0.3, 0.4) is 0 Å². The van der Waals surface area contributed by atoms with Crippen molar-refractivity contribution in [1.29, 1.82) is 0 Å². The Bertz CT molecular complexity index is 704. The molecule has 2 N–H and O–H groups in total. The third-order valence-electron chi connectivity index (χ3n) is 3.22. The number of amides is 1. The second-order valence-corrected chi connectivity index (χ2v) is 7.27. The smallest absolute Gasteiger partial charge is 0.339 e. The van der Waals surface area contributed by atoms with Crippen molar-refractivity contribution in [3.05, 3.63) is 28.2 Å². The zero-order valence-electron chi connectivity index (χ0n) is 11.1. The zero-order valence-corrected chi connectivity index (χ0v) is 13.5. The Kier molecular flexibility index (Phi) is 4.35. The molecule has 1 fully saturated rings. The van der Waals surface area contributed by atoms with E-state index in [-0.39, 0.29) is 24.4 Å². The van der Waals surface area contributed by atoms with Crippen LogP contribution < -0.4 is 10.0 Å². The van der Waals surface area contributed by atoms with Crippen molar-refractivity contribution in [2.24, 2.45) is 5.14 Å². The van der Waals surface area contributed by atoms with Crippen LogP contribution in [0.5, 0.6) is 0 Å². The molecule has 1 saturated heterocycles. The van der Waals surface area contributed by atoms with Crippen LogP contribution in [-0.4, -0.2) is 39.2 Å². The van der Waals surface area contributed by atoms with Crippen LogP contribution >= 0.6 is 15.9 Å². The number of carbonyl (C=O) groups excluding carboxylic acids is 2. The summed E-state index contributed by atoms with van der Waals surface area (Å²) in [4.78, 5) is 24.9. The summed E-state index contributed by atoms with van der Waals surface area (Å²) in [6.07, 6.45) is -0.164. The maximum absolute atomic E-state index is 11.9. The van der Waals surface area contributed by atoms with E-state index in [4.69, 9.17) is 5.14 Å². The first-order valence-corrected chi connectivity index (χ1v) is 8.34. The van der Waals surface area contributed by atoms with E-state index in [1.807, 2.05) is 0 Å². The fourth-order valence-corrected chi connectivity index (χ4v) is 3.23. The second kappa shape index (κ2) is 5.74. The number of anilines is 1. The number of carbonyl (C=O) groups is 2. The number of esters is 1. The maximum atomic E-state index is 11.9. The van der Waals surface area contributed by atoms with E-state index in [2.05, 4.69) is 20.7 Å². The second-order valence-electron chi connectivity index (χ2n) is 4.58. The summed E-state index contributed by atoms with van der Waals surface area (Å²) in [6.45, 7) is -0.0279. The lowest BCUT2D eigenvalue weighted by Gasteiger charge is -2.17. The molecule has 2 rings (SSSR count). The van der Waals surface area contributed by atoms with Gasteiger partial charge < -0.3 is 9.64 Å². The molecule has 1 heterocycles. The lowest BCUT2D eigenvalue weighted by Crippen LogP contribution is -2.32. The van der Waals surface area contributed by atoms with E-state index < -0.39 is 21.2 Å². The first kappa shape index (κ1) is 15.9. The Hall–Kier alpha value is -1.45. The van der Waals surface area contributed by atoms with Crippen LogP contribution in [0.2, 0.25) is 0 Å². The highest BCUT2D eigenvalue weighted by Gasteiger charge is 2.37. The van der Waals surface area contributed by atoms with Gasteiger partial charge in [0, 0.05) is 23.1 Å². The highest BCUT2D eigenvalue weighted by molar-refractivity contribution is 9.10. The van der Waals surface area contributed by atoms with Crippen molar-refractivity contribution < 1.29 is 22.7 Å². The Morgan fingerprint density at radius 3 is 2.67 bits per heavy atom. The number of nitrogens with zero attached hydrogens (tertiary/aromatic N) is 1. The number of hydrogen-bond donors (Lipinski definition) is 1. The molecule has 1 aromatic rings. The predicted molar refractivity (Wildman–Crippen MR) is 79.3 cm³/mol. The Labute approximate surface area is 130 Å². The van der Waals surface area contributed by atoms with Crippen molar-refractivity contribution in [3.63, 3.8) is 0 Å². The van der Waals surface area contributed by atoms with Gasteiger partial charge in [-0.25, -0.2) is 18.4 Å². The summed E-state index contributed by atoms with van der Waals surface area (Å²) < 4.78 is 27.9. The Morgan fingerprint density at radius 2 is 2.14 bits per heavy atom. The monoisotopic (exact) mass is 376 g/mol. The van der Waals surface area contributed by atoms with Gasteiger partial charge in [-0.2, -0.15) is 0 Å². The van der Waals surface area contributed by atoms with Crippen LogP contribution in [0, 0.1) is 0 Å².